The molecule has 0 aliphatic heterocycles. The van der Waals surface area contributed by atoms with Crippen LogP contribution in [0, 0.1) is 12.7 Å². The second kappa shape index (κ2) is 6.88. The Morgan fingerprint density at radius 3 is 2.79 bits per heavy atom. The number of aliphatic hydroxyl groups is 1. The molecule has 2 aromatic rings. The Morgan fingerprint density at radius 2 is 2.16 bits per heavy atom. The molecule has 0 bridgehead atoms. The van der Waals surface area contributed by atoms with Crippen LogP contribution in [0.25, 0.3) is 0 Å². The lowest BCUT2D eigenvalue weighted by Crippen LogP contribution is -2.20. The first kappa shape index (κ1) is 14.3. The van der Waals surface area contributed by atoms with E-state index in [-0.39, 0.29) is 12.4 Å². The summed E-state index contributed by atoms with van der Waals surface area (Å²) in [6.45, 7) is 2.12. The minimum absolute atomic E-state index is 0.184. The van der Waals surface area contributed by atoms with Gasteiger partial charge in [-0.2, -0.15) is 0 Å². The number of aromatic nitrogens is 1. The molecule has 2 rings (SSSR count). The molecule has 6 heteroatoms. The predicted octanol–water partition coefficient (Wildman–Crippen LogP) is 3.12. The van der Waals surface area contributed by atoms with Gasteiger partial charge in [0.25, 0.3) is 0 Å². The highest BCUT2D eigenvalue weighted by molar-refractivity contribution is 8.01. The van der Waals surface area contributed by atoms with Gasteiger partial charge in [-0.3, -0.25) is 0 Å². The van der Waals surface area contributed by atoms with Crippen LogP contribution in [-0.4, -0.2) is 28.6 Å². The standard InChI is InChI=1S/C13H14FNO2S2/c1-9-7-18-13(15-9)19-8-11(16)6-17-12-4-2-10(14)3-5-12/h2-5,7,11,16H,6,8H2,1H3. The molecule has 1 heterocycles. The third-order valence-corrected chi connectivity index (χ3v) is 4.54. The molecule has 0 spiro atoms. The van der Waals surface area contributed by atoms with E-state index in [0.717, 1.165) is 10.0 Å². The summed E-state index contributed by atoms with van der Waals surface area (Å²) in [5.74, 6) is 0.770. The molecule has 1 N–H and O–H groups in total. The molecule has 1 aromatic carbocycles. The molecule has 0 fully saturated rings. The van der Waals surface area contributed by atoms with Crippen molar-refractivity contribution in [3.8, 4) is 5.75 Å². The van der Waals surface area contributed by atoms with Crippen molar-refractivity contribution in [2.45, 2.75) is 17.4 Å². The molecule has 0 amide bonds. The van der Waals surface area contributed by atoms with Gasteiger partial charge in [0, 0.05) is 16.8 Å². The van der Waals surface area contributed by atoms with E-state index in [1.807, 2.05) is 12.3 Å². The smallest absolute Gasteiger partial charge is 0.150 e. The van der Waals surface area contributed by atoms with Gasteiger partial charge in [-0.15, -0.1) is 11.3 Å². The maximum absolute atomic E-state index is 12.7. The van der Waals surface area contributed by atoms with Crippen LogP contribution in [0.2, 0.25) is 0 Å². The fraction of sp³-hybridized carbons (Fsp3) is 0.308. The van der Waals surface area contributed by atoms with Gasteiger partial charge < -0.3 is 9.84 Å². The van der Waals surface area contributed by atoms with Crippen LogP contribution < -0.4 is 4.74 Å². The van der Waals surface area contributed by atoms with Crippen LogP contribution in [0.1, 0.15) is 5.69 Å². The van der Waals surface area contributed by atoms with E-state index in [0.29, 0.717) is 11.5 Å². The van der Waals surface area contributed by atoms with Crippen molar-refractivity contribution in [3.05, 3.63) is 41.2 Å². The molecule has 0 radical (unpaired) electrons. The van der Waals surface area contributed by atoms with Crippen molar-refractivity contribution in [2.75, 3.05) is 12.4 Å². The van der Waals surface area contributed by atoms with Crippen LogP contribution in [0.15, 0.2) is 34.0 Å². The van der Waals surface area contributed by atoms with Crippen molar-refractivity contribution < 1.29 is 14.2 Å². The van der Waals surface area contributed by atoms with E-state index in [9.17, 15) is 9.50 Å². The van der Waals surface area contributed by atoms with Gasteiger partial charge in [0.05, 0.1) is 6.10 Å². The Kier molecular flexibility index (Phi) is 5.18. The third-order valence-electron chi connectivity index (χ3n) is 2.25. The lowest BCUT2D eigenvalue weighted by Gasteiger charge is -2.11. The summed E-state index contributed by atoms with van der Waals surface area (Å²) in [6, 6.07) is 5.74. The van der Waals surface area contributed by atoms with Gasteiger partial charge in [0.2, 0.25) is 0 Å². The Labute approximate surface area is 119 Å². The highest BCUT2D eigenvalue weighted by Gasteiger charge is 2.08. The second-order valence-corrected chi connectivity index (χ2v) is 6.11. The molecule has 0 saturated carbocycles. The van der Waals surface area contributed by atoms with Crippen LogP contribution in [-0.2, 0) is 0 Å². The van der Waals surface area contributed by atoms with Crippen LogP contribution in [0.4, 0.5) is 4.39 Å². The Bertz CT molecular complexity index is 516. The quantitative estimate of drug-likeness (QED) is 0.832. The average Bonchev–Trinajstić information content (AvgIpc) is 2.81. The van der Waals surface area contributed by atoms with E-state index in [4.69, 9.17) is 4.74 Å². The van der Waals surface area contributed by atoms with E-state index in [1.54, 1.807) is 23.5 Å². The number of aliphatic hydroxyl groups excluding tert-OH is 1. The number of nitrogens with zero attached hydrogens (tertiary/aromatic N) is 1. The van der Waals surface area contributed by atoms with Crippen molar-refractivity contribution in [1.82, 2.24) is 4.98 Å². The van der Waals surface area contributed by atoms with Crippen molar-refractivity contribution in [3.63, 3.8) is 0 Å². The molecule has 3 nitrogen and oxygen atoms in total. The number of hydrogen-bond donors (Lipinski definition) is 1. The number of ether oxygens (including phenoxy) is 1. The summed E-state index contributed by atoms with van der Waals surface area (Å²) in [4.78, 5) is 4.30. The monoisotopic (exact) mass is 299 g/mol. The van der Waals surface area contributed by atoms with E-state index >= 15 is 0 Å². The summed E-state index contributed by atoms with van der Waals surface area (Å²) in [7, 11) is 0. The summed E-state index contributed by atoms with van der Waals surface area (Å²) in [5.41, 5.74) is 0.990. The minimum Gasteiger partial charge on any atom is -0.491 e. The molecule has 0 saturated heterocycles. The molecular weight excluding hydrogens is 285 g/mol. The van der Waals surface area contributed by atoms with Crippen LogP contribution in [0.3, 0.4) is 0 Å². The number of halogens is 1. The summed E-state index contributed by atoms with van der Waals surface area (Å²) in [5, 5.41) is 11.8. The maximum Gasteiger partial charge on any atom is 0.150 e. The SMILES string of the molecule is Cc1csc(SCC(O)COc2ccc(F)cc2)n1. The molecule has 1 aromatic heterocycles. The molecule has 1 unspecified atom stereocenters. The van der Waals surface area contributed by atoms with Crippen molar-refractivity contribution in [1.29, 1.82) is 0 Å². The van der Waals surface area contributed by atoms with Gasteiger partial charge in [0.1, 0.15) is 22.5 Å². The molecular formula is C13H14FNO2S2. The lowest BCUT2D eigenvalue weighted by atomic mass is 10.3. The normalized spacial score (nSPS) is 12.4. The van der Waals surface area contributed by atoms with Crippen LogP contribution in [0.5, 0.6) is 5.75 Å². The lowest BCUT2D eigenvalue weighted by molar-refractivity contribution is 0.126. The zero-order valence-corrected chi connectivity index (χ0v) is 12.0. The fourth-order valence-corrected chi connectivity index (χ4v) is 3.12. The summed E-state index contributed by atoms with van der Waals surface area (Å²) >= 11 is 3.07. The minimum atomic E-state index is -0.584. The molecule has 0 aliphatic carbocycles. The summed E-state index contributed by atoms with van der Waals surface area (Å²) in [6.07, 6.45) is -0.584. The van der Waals surface area contributed by atoms with Crippen LogP contribution >= 0.6 is 23.1 Å². The van der Waals surface area contributed by atoms with Gasteiger partial charge in [-0.05, 0) is 31.2 Å². The molecule has 0 aliphatic rings. The van der Waals surface area contributed by atoms with Gasteiger partial charge in [0.15, 0.2) is 0 Å². The average molecular weight is 299 g/mol. The first-order valence-electron chi connectivity index (χ1n) is 5.75. The van der Waals surface area contributed by atoms with E-state index < -0.39 is 6.10 Å². The zero-order chi connectivity index (χ0) is 13.7. The Balaban J connectivity index is 1.72. The molecule has 19 heavy (non-hydrogen) atoms. The zero-order valence-electron chi connectivity index (χ0n) is 10.4. The van der Waals surface area contributed by atoms with Gasteiger partial charge in [-0.1, -0.05) is 11.8 Å². The Morgan fingerprint density at radius 1 is 1.42 bits per heavy atom. The topological polar surface area (TPSA) is 42.4 Å². The van der Waals surface area contributed by atoms with Gasteiger partial charge >= 0.3 is 0 Å². The summed E-state index contributed by atoms with van der Waals surface area (Å²) < 4.78 is 19.0. The third kappa shape index (κ3) is 4.81. The number of rotatable bonds is 6. The fourth-order valence-electron chi connectivity index (χ4n) is 1.34. The highest BCUT2D eigenvalue weighted by atomic mass is 32.2. The first-order chi connectivity index (χ1) is 9.13. The first-order valence-corrected chi connectivity index (χ1v) is 7.61. The molecule has 1 atom stereocenters. The number of thioether (sulfide) groups is 1. The van der Waals surface area contributed by atoms with Crippen molar-refractivity contribution in [2.24, 2.45) is 0 Å². The highest BCUT2D eigenvalue weighted by Crippen LogP contribution is 2.23. The number of hydrogen-bond acceptors (Lipinski definition) is 5. The second-order valence-electron chi connectivity index (χ2n) is 3.98. The van der Waals surface area contributed by atoms with Crippen molar-refractivity contribution >= 4 is 23.1 Å². The van der Waals surface area contributed by atoms with E-state index in [2.05, 4.69) is 4.98 Å². The maximum atomic E-state index is 12.7. The predicted molar refractivity (Wildman–Crippen MR) is 75.5 cm³/mol. The number of aryl methyl sites for hydroxylation is 1. The van der Waals surface area contributed by atoms with Gasteiger partial charge in [-0.25, -0.2) is 9.37 Å². The van der Waals surface area contributed by atoms with E-state index in [1.165, 1.54) is 23.9 Å². The Hall–Kier alpha value is -1.11. The largest absolute Gasteiger partial charge is 0.491 e. The number of benzene rings is 1. The molecule has 102 valence electrons. The number of thiazole rings is 1.